The van der Waals surface area contributed by atoms with Crippen molar-refractivity contribution in [3.8, 4) is 5.69 Å². The van der Waals surface area contributed by atoms with Crippen LogP contribution in [-0.4, -0.2) is 16.3 Å². The van der Waals surface area contributed by atoms with Gasteiger partial charge in [0.2, 0.25) is 5.43 Å². The number of aryl methyl sites for hydroxylation is 2. The Labute approximate surface area is 125 Å². The second-order valence-electron chi connectivity index (χ2n) is 5.38. The number of aromatic nitrogens is 2. The van der Waals surface area contributed by atoms with Crippen LogP contribution in [0.3, 0.4) is 0 Å². The molecule has 0 amide bonds. The second kappa shape index (κ2) is 7.18. The van der Waals surface area contributed by atoms with Crippen molar-refractivity contribution in [1.29, 1.82) is 0 Å². The number of hydrogen-bond acceptors (Lipinski definition) is 3. The van der Waals surface area contributed by atoms with Crippen LogP contribution in [0, 0.1) is 13.8 Å². The highest BCUT2D eigenvalue weighted by atomic mass is 16.1. The van der Waals surface area contributed by atoms with Gasteiger partial charge in [-0.15, -0.1) is 0 Å². The third-order valence-corrected chi connectivity index (χ3v) is 3.42. The molecule has 21 heavy (non-hydrogen) atoms. The molecule has 0 saturated heterocycles. The van der Waals surface area contributed by atoms with E-state index in [1.54, 1.807) is 6.07 Å². The van der Waals surface area contributed by atoms with Gasteiger partial charge in [-0.25, -0.2) is 4.68 Å². The predicted molar refractivity (Wildman–Crippen MR) is 85.9 cm³/mol. The molecule has 0 fully saturated rings. The first-order valence-corrected chi connectivity index (χ1v) is 7.49. The van der Waals surface area contributed by atoms with E-state index in [0.717, 1.165) is 30.8 Å². The Balaban J connectivity index is 2.28. The standard InChI is InChI=1S/C17H23N3O/c1-4-5-9-18-12-16-17(21)11-14(3)20(19-16)15-8-6-7-13(2)10-15/h6-8,10-11,18H,4-5,9,12H2,1-3H3. The molecule has 0 aliphatic rings. The van der Waals surface area contributed by atoms with E-state index in [-0.39, 0.29) is 5.43 Å². The van der Waals surface area contributed by atoms with Crippen molar-refractivity contribution in [2.45, 2.75) is 40.2 Å². The van der Waals surface area contributed by atoms with Crippen molar-refractivity contribution in [1.82, 2.24) is 15.1 Å². The lowest BCUT2D eigenvalue weighted by Gasteiger charge is -2.12. The molecule has 4 nitrogen and oxygen atoms in total. The minimum Gasteiger partial charge on any atom is -0.311 e. The maximum atomic E-state index is 12.0. The fraction of sp³-hybridized carbons (Fsp3) is 0.412. The van der Waals surface area contributed by atoms with Crippen LogP contribution in [0.25, 0.3) is 5.69 Å². The minimum absolute atomic E-state index is 0.000372. The summed E-state index contributed by atoms with van der Waals surface area (Å²) in [6, 6.07) is 9.79. The van der Waals surface area contributed by atoms with Gasteiger partial charge in [0, 0.05) is 18.3 Å². The summed E-state index contributed by atoms with van der Waals surface area (Å²) >= 11 is 0. The molecule has 1 heterocycles. The van der Waals surface area contributed by atoms with Crippen molar-refractivity contribution in [3.05, 3.63) is 57.5 Å². The highest BCUT2D eigenvalue weighted by Crippen LogP contribution is 2.10. The van der Waals surface area contributed by atoms with E-state index in [9.17, 15) is 4.79 Å². The molecule has 1 aromatic carbocycles. The zero-order chi connectivity index (χ0) is 15.2. The van der Waals surface area contributed by atoms with E-state index in [0.29, 0.717) is 12.2 Å². The molecular formula is C17H23N3O. The van der Waals surface area contributed by atoms with Gasteiger partial charge in [0.15, 0.2) is 0 Å². The van der Waals surface area contributed by atoms with Crippen LogP contribution in [-0.2, 0) is 6.54 Å². The zero-order valence-corrected chi connectivity index (χ0v) is 13.0. The maximum Gasteiger partial charge on any atom is 0.204 e. The van der Waals surface area contributed by atoms with Gasteiger partial charge in [0.05, 0.1) is 5.69 Å². The van der Waals surface area contributed by atoms with E-state index >= 15 is 0 Å². The first-order valence-electron chi connectivity index (χ1n) is 7.49. The van der Waals surface area contributed by atoms with Crippen molar-refractivity contribution < 1.29 is 0 Å². The van der Waals surface area contributed by atoms with Gasteiger partial charge in [0.1, 0.15) is 5.69 Å². The van der Waals surface area contributed by atoms with E-state index in [1.165, 1.54) is 5.56 Å². The molecule has 0 unspecified atom stereocenters. The molecule has 1 aromatic heterocycles. The molecule has 0 atom stereocenters. The fourth-order valence-electron chi connectivity index (χ4n) is 2.24. The van der Waals surface area contributed by atoms with E-state index in [2.05, 4.69) is 36.4 Å². The lowest BCUT2D eigenvalue weighted by atomic mass is 10.2. The normalized spacial score (nSPS) is 10.8. The molecule has 1 N–H and O–H groups in total. The second-order valence-corrected chi connectivity index (χ2v) is 5.38. The molecule has 0 saturated carbocycles. The van der Waals surface area contributed by atoms with Crippen LogP contribution in [0.15, 0.2) is 35.1 Å². The Morgan fingerprint density at radius 1 is 1.24 bits per heavy atom. The molecular weight excluding hydrogens is 262 g/mol. The predicted octanol–water partition coefficient (Wildman–Crippen LogP) is 2.74. The number of benzene rings is 1. The van der Waals surface area contributed by atoms with Gasteiger partial charge < -0.3 is 5.32 Å². The van der Waals surface area contributed by atoms with Crippen LogP contribution >= 0.6 is 0 Å². The highest BCUT2D eigenvalue weighted by Gasteiger charge is 2.07. The summed E-state index contributed by atoms with van der Waals surface area (Å²) in [6.45, 7) is 7.54. The Morgan fingerprint density at radius 2 is 2.05 bits per heavy atom. The summed E-state index contributed by atoms with van der Waals surface area (Å²) in [7, 11) is 0. The number of rotatable bonds is 6. The van der Waals surface area contributed by atoms with Gasteiger partial charge in [-0.05, 0) is 44.5 Å². The van der Waals surface area contributed by atoms with E-state index in [1.807, 2.05) is 23.7 Å². The lowest BCUT2D eigenvalue weighted by Crippen LogP contribution is -2.25. The first kappa shape index (κ1) is 15.4. The molecule has 2 aromatic rings. The summed E-state index contributed by atoms with van der Waals surface area (Å²) in [5.74, 6) is 0. The SMILES string of the molecule is CCCCNCc1nn(-c2cccc(C)c2)c(C)cc1=O. The van der Waals surface area contributed by atoms with Gasteiger partial charge in [-0.1, -0.05) is 25.5 Å². The molecule has 0 aliphatic carbocycles. The molecule has 0 radical (unpaired) electrons. The largest absolute Gasteiger partial charge is 0.311 e. The van der Waals surface area contributed by atoms with Crippen molar-refractivity contribution in [3.63, 3.8) is 0 Å². The zero-order valence-electron chi connectivity index (χ0n) is 13.0. The average molecular weight is 285 g/mol. The number of hydrogen-bond donors (Lipinski definition) is 1. The van der Waals surface area contributed by atoms with Crippen LogP contribution < -0.4 is 10.7 Å². The van der Waals surface area contributed by atoms with Crippen LogP contribution in [0.2, 0.25) is 0 Å². The average Bonchev–Trinajstić information content (AvgIpc) is 2.45. The summed E-state index contributed by atoms with van der Waals surface area (Å²) in [5.41, 5.74) is 3.58. The van der Waals surface area contributed by atoms with Crippen LogP contribution in [0.5, 0.6) is 0 Å². The summed E-state index contributed by atoms with van der Waals surface area (Å²) in [6.07, 6.45) is 2.25. The third-order valence-electron chi connectivity index (χ3n) is 3.42. The van der Waals surface area contributed by atoms with E-state index in [4.69, 9.17) is 0 Å². The minimum atomic E-state index is 0.000372. The van der Waals surface area contributed by atoms with Gasteiger partial charge in [0.25, 0.3) is 0 Å². The topological polar surface area (TPSA) is 46.9 Å². The molecule has 0 aliphatic heterocycles. The molecule has 0 bridgehead atoms. The highest BCUT2D eigenvalue weighted by molar-refractivity contribution is 5.36. The van der Waals surface area contributed by atoms with E-state index < -0.39 is 0 Å². The Bertz CT molecular complexity index is 661. The third kappa shape index (κ3) is 4.02. The summed E-state index contributed by atoms with van der Waals surface area (Å²) in [4.78, 5) is 12.0. The quantitative estimate of drug-likeness (QED) is 0.830. The van der Waals surface area contributed by atoms with Crippen molar-refractivity contribution >= 4 is 0 Å². The van der Waals surface area contributed by atoms with Crippen LogP contribution in [0.4, 0.5) is 0 Å². The fourth-order valence-corrected chi connectivity index (χ4v) is 2.24. The first-order chi connectivity index (χ1) is 10.1. The molecule has 0 spiro atoms. The monoisotopic (exact) mass is 285 g/mol. The van der Waals surface area contributed by atoms with Gasteiger partial charge in [-0.2, -0.15) is 5.10 Å². The Kier molecular flexibility index (Phi) is 5.28. The molecule has 2 rings (SSSR count). The summed E-state index contributed by atoms with van der Waals surface area (Å²) < 4.78 is 1.84. The van der Waals surface area contributed by atoms with Crippen molar-refractivity contribution in [2.24, 2.45) is 0 Å². The molecule has 4 heteroatoms. The van der Waals surface area contributed by atoms with Gasteiger partial charge >= 0.3 is 0 Å². The number of nitrogens with zero attached hydrogens (tertiary/aromatic N) is 2. The Morgan fingerprint density at radius 3 is 2.76 bits per heavy atom. The molecule has 112 valence electrons. The number of nitrogens with one attached hydrogen (secondary N) is 1. The smallest absolute Gasteiger partial charge is 0.204 e. The van der Waals surface area contributed by atoms with Crippen LogP contribution in [0.1, 0.15) is 36.7 Å². The number of unbranched alkanes of at least 4 members (excludes halogenated alkanes) is 1. The van der Waals surface area contributed by atoms with Gasteiger partial charge in [-0.3, -0.25) is 4.79 Å². The Hall–Kier alpha value is -1.94. The van der Waals surface area contributed by atoms with Crippen molar-refractivity contribution in [2.75, 3.05) is 6.54 Å². The lowest BCUT2D eigenvalue weighted by molar-refractivity contribution is 0.615. The summed E-state index contributed by atoms with van der Waals surface area (Å²) in [5, 5.41) is 7.80. The maximum absolute atomic E-state index is 12.0.